The maximum atomic E-state index is 6.03. The van der Waals surface area contributed by atoms with Gasteiger partial charge in [-0.25, -0.2) is 0 Å². The number of quaternary nitrogens is 1. The van der Waals surface area contributed by atoms with E-state index in [0.717, 1.165) is 34.9 Å². The molecule has 0 bridgehead atoms. The first-order chi connectivity index (χ1) is 9.16. The zero-order valence-corrected chi connectivity index (χ0v) is 12.9. The van der Waals surface area contributed by atoms with E-state index in [4.69, 9.17) is 16.3 Å². The van der Waals surface area contributed by atoms with Gasteiger partial charge in [0.25, 0.3) is 0 Å². The molecule has 1 heterocycles. The predicted molar refractivity (Wildman–Crippen MR) is 80.5 cm³/mol. The fourth-order valence-electron chi connectivity index (χ4n) is 2.92. The van der Waals surface area contributed by atoms with E-state index < -0.39 is 0 Å². The topological polar surface area (TPSA) is 13.7 Å². The Labute approximate surface area is 121 Å². The van der Waals surface area contributed by atoms with E-state index in [1.165, 1.54) is 38.9 Å². The number of rotatable bonds is 5. The molecule has 0 amide bonds. The number of nitrogens with one attached hydrogen (secondary N) is 1. The number of halogens is 1. The lowest BCUT2D eigenvalue weighted by Crippen LogP contribution is -3.12. The van der Waals surface area contributed by atoms with Crippen LogP contribution in [0.5, 0.6) is 5.75 Å². The summed E-state index contributed by atoms with van der Waals surface area (Å²) in [5.74, 6) is 1.01. The van der Waals surface area contributed by atoms with Crippen molar-refractivity contribution < 1.29 is 9.64 Å². The fourth-order valence-corrected chi connectivity index (χ4v) is 3.25. The van der Waals surface area contributed by atoms with E-state index in [-0.39, 0.29) is 0 Å². The van der Waals surface area contributed by atoms with Crippen molar-refractivity contribution in [3.05, 3.63) is 28.3 Å². The van der Waals surface area contributed by atoms with Gasteiger partial charge in [0.1, 0.15) is 5.75 Å². The number of aryl methyl sites for hydroxylation is 2. The molecular weight excluding hydrogens is 258 g/mol. The maximum Gasteiger partial charge on any atom is 0.125 e. The lowest BCUT2D eigenvalue weighted by Gasteiger charge is -2.23. The van der Waals surface area contributed by atoms with E-state index >= 15 is 0 Å². The van der Waals surface area contributed by atoms with E-state index in [1.807, 2.05) is 12.1 Å². The molecule has 1 aromatic rings. The predicted octanol–water partition coefficient (Wildman–Crippen LogP) is 2.79. The minimum absolute atomic E-state index is 0.792. The van der Waals surface area contributed by atoms with Gasteiger partial charge < -0.3 is 9.64 Å². The van der Waals surface area contributed by atoms with Gasteiger partial charge in [-0.15, -0.1) is 0 Å². The van der Waals surface area contributed by atoms with Gasteiger partial charge in [0.2, 0.25) is 0 Å². The minimum Gasteiger partial charge on any atom is -0.493 e. The second kappa shape index (κ2) is 7.16. The Bertz CT molecular complexity index is 390. The van der Waals surface area contributed by atoms with Crippen LogP contribution < -0.4 is 9.64 Å². The van der Waals surface area contributed by atoms with E-state index in [2.05, 4.69) is 13.8 Å². The summed E-state index contributed by atoms with van der Waals surface area (Å²) < 4.78 is 5.94. The van der Waals surface area contributed by atoms with Crippen LogP contribution in [-0.2, 0) is 0 Å². The smallest absolute Gasteiger partial charge is 0.125 e. The van der Waals surface area contributed by atoms with Crippen LogP contribution in [-0.4, -0.2) is 26.2 Å². The van der Waals surface area contributed by atoms with Gasteiger partial charge >= 0.3 is 0 Å². The number of piperidine rings is 1. The summed E-state index contributed by atoms with van der Waals surface area (Å²) in [5.41, 5.74) is 2.27. The third-order valence-electron chi connectivity index (χ3n) is 3.91. The highest BCUT2D eigenvalue weighted by Crippen LogP contribution is 2.26. The van der Waals surface area contributed by atoms with Crippen molar-refractivity contribution in [1.29, 1.82) is 0 Å². The van der Waals surface area contributed by atoms with Crippen molar-refractivity contribution in [2.75, 3.05) is 26.2 Å². The summed E-state index contributed by atoms with van der Waals surface area (Å²) in [4.78, 5) is 1.75. The lowest BCUT2D eigenvalue weighted by atomic mass is 10.1. The van der Waals surface area contributed by atoms with Crippen LogP contribution >= 0.6 is 11.6 Å². The van der Waals surface area contributed by atoms with Gasteiger partial charge in [-0.3, -0.25) is 0 Å². The molecule has 3 heteroatoms. The average Bonchev–Trinajstić information content (AvgIpc) is 2.38. The summed E-state index contributed by atoms with van der Waals surface area (Å²) >= 11 is 6.03. The van der Waals surface area contributed by atoms with Crippen molar-refractivity contribution in [2.45, 2.75) is 39.5 Å². The standard InChI is InChI=1S/C16H24ClNO/c1-13-11-15(17)12-14(2)16(13)19-10-6-9-18-7-4-3-5-8-18/h11-12H,3-10H2,1-2H3/p+1. The molecule has 106 valence electrons. The van der Waals surface area contributed by atoms with E-state index in [0.29, 0.717) is 0 Å². The number of hydrogen-bond acceptors (Lipinski definition) is 1. The third kappa shape index (κ3) is 4.39. The van der Waals surface area contributed by atoms with E-state index in [9.17, 15) is 0 Å². The van der Waals surface area contributed by atoms with Crippen molar-refractivity contribution in [3.63, 3.8) is 0 Å². The number of likely N-dealkylation sites (tertiary alicyclic amines) is 1. The second-order valence-electron chi connectivity index (χ2n) is 5.63. The first-order valence-electron chi connectivity index (χ1n) is 7.40. The molecule has 1 fully saturated rings. The quantitative estimate of drug-likeness (QED) is 0.820. The molecule has 1 aliphatic rings. The minimum atomic E-state index is 0.792. The zero-order chi connectivity index (χ0) is 13.7. The number of ether oxygens (including phenoxy) is 1. The summed E-state index contributed by atoms with van der Waals surface area (Å²) in [5, 5.41) is 0.792. The molecule has 0 spiro atoms. The van der Waals surface area contributed by atoms with Gasteiger partial charge in [-0.1, -0.05) is 11.6 Å². The average molecular weight is 283 g/mol. The highest BCUT2D eigenvalue weighted by atomic mass is 35.5. The molecule has 2 rings (SSSR count). The second-order valence-corrected chi connectivity index (χ2v) is 6.07. The Morgan fingerprint density at radius 2 is 1.74 bits per heavy atom. The van der Waals surface area contributed by atoms with Crippen LogP contribution in [0, 0.1) is 13.8 Å². The van der Waals surface area contributed by atoms with Crippen LogP contribution in [0.4, 0.5) is 0 Å². The van der Waals surface area contributed by atoms with Crippen molar-refractivity contribution in [3.8, 4) is 5.75 Å². The zero-order valence-electron chi connectivity index (χ0n) is 12.1. The summed E-state index contributed by atoms with van der Waals surface area (Å²) in [6, 6.07) is 3.94. The summed E-state index contributed by atoms with van der Waals surface area (Å²) in [6.45, 7) is 8.87. The Morgan fingerprint density at radius 1 is 1.11 bits per heavy atom. The van der Waals surface area contributed by atoms with Crippen LogP contribution in [0.25, 0.3) is 0 Å². The molecule has 0 atom stereocenters. The molecule has 1 saturated heterocycles. The Hall–Kier alpha value is -0.730. The maximum absolute atomic E-state index is 6.03. The number of benzene rings is 1. The lowest BCUT2D eigenvalue weighted by molar-refractivity contribution is -0.905. The Morgan fingerprint density at radius 3 is 2.37 bits per heavy atom. The SMILES string of the molecule is Cc1cc(Cl)cc(C)c1OCCC[NH+]1CCCCC1. The molecule has 19 heavy (non-hydrogen) atoms. The van der Waals surface area contributed by atoms with Gasteiger partial charge in [0.15, 0.2) is 0 Å². The summed E-state index contributed by atoms with van der Waals surface area (Å²) in [6.07, 6.45) is 5.34. The molecule has 0 saturated carbocycles. The third-order valence-corrected chi connectivity index (χ3v) is 4.13. The van der Waals surface area contributed by atoms with Crippen LogP contribution in [0.15, 0.2) is 12.1 Å². The Kier molecular flexibility index (Phi) is 5.53. The van der Waals surface area contributed by atoms with Crippen LogP contribution in [0.2, 0.25) is 5.02 Å². The van der Waals surface area contributed by atoms with Gasteiger partial charge in [0, 0.05) is 11.4 Å². The highest BCUT2D eigenvalue weighted by molar-refractivity contribution is 6.30. The molecule has 0 unspecified atom stereocenters. The Balaban J connectivity index is 1.76. The molecule has 0 aliphatic carbocycles. The van der Waals surface area contributed by atoms with Gasteiger partial charge in [0.05, 0.1) is 26.2 Å². The first kappa shape index (κ1) is 14.7. The highest BCUT2D eigenvalue weighted by Gasteiger charge is 2.13. The van der Waals surface area contributed by atoms with Crippen molar-refractivity contribution in [2.24, 2.45) is 0 Å². The van der Waals surface area contributed by atoms with Crippen LogP contribution in [0.1, 0.15) is 36.8 Å². The number of hydrogen-bond donors (Lipinski definition) is 1. The summed E-state index contributed by atoms with van der Waals surface area (Å²) in [7, 11) is 0. The monoisotopic (exact) mass is 282 g/mol. The van der Waals surface area contributed by atoms with Crippen LogP contribution in [0.3, 0.4) is 0 Å². The molecule has 1 N–H and O–H groups in total. The molecular formula is C16H25ClNO+. The molecule has 1 aliphatic heterocycles. The van der Waals surface area contributed by atoms with Gasteiger partial charge in [-0.2, -0.15) is 0 Å². The normalized spacial score (nSPS) is 16.6. The molecule has 1 aromatic carbocycles. The molecule has 2 nitrogen and oxygen atoms in total. The van der Waals surface area contributed by atoms with Crippen molar-refractivity contribution >= 4 is 11.6 Å². The van der Waals surface area contributed by atoms with E-state index in [1.54, 1.807) is 4.90 Å². The van der Waals surface area contributed by atoms with Crippen molar-refractivity contribution in [1.82, 2.24) is 0 Å². The molecule has 0 aromatic heterocycles. The first-order valence-corrected chi connectivity index (χ1v) is 7.78. The van der Waals surface area contributed by atoms with Gasteiger partial charge in [-0.05, 0) is 56.4 Å². The molecule has 0 radical (unpaired) electrons. The fraction of sp³-hybridized carbons (Fsp3) is 0.625. The largest absolute Gasteiger partial charge is 0.493 e.